The largest absolute Gasteiger partial charge is 3.00 e. The summed E-state index contributed by atoms with van der Waals surface area (Å²) in [5.74, 6) is -4.66. The number of amides is 2. The average Bonchev–Trinajstić information content (AvgIpc) is 3.42. The summed E-state index contributed by atoms with van der Waals surface area (Å²) in [4.78, 5) is 103. The standard InChI is InChI=1S/C59H111N6O16P.Gd/c1-3-5-7-9-11-13-15-17-19-21-23-25-29-33-58(74)78-50-52(81-59(75)34-30-26-24-22-20-18-16-14-12-10-8-6-4-2)51-80-82(76,77)79-45-36-61-53(66)32-28-27-31-35-60-54(67)46-62-37-39-63(47-55(68)69)41-43-65(49-57(72)73)44-42-64(40-38-62)48-56(70)71;/h52H,3-51H2,1-2H3,(H,60,67)(H,61,66)(H,68,69)(H,70,71)(H,72,73)(H,76,77);/q;+3/t52-;/m1./s1. The number of phosphoric ester groups is 1. The topological polar surface area (TPSA) is 291 Å². The summed E-state index contributed by atoms with van der Waals surface area (Å²) in [5.41, 5.74) is 0. The molecule has 2 atom stereocenters. The number of carbonyl (C=O) groups excluding carboxylic acids is 4. The Morgan fingerprint density at radius 2 is 0.759 bits per heavy atom. The second-order valence-electron chi connectivity index (χ2n) is 22.2. The summed E-state index contributed by atoms with van der Waals surface area (Å²) in [7, 11) is -4.66. The molecular formula is C59H111GdN6O16P+3. The van der Waals surface area contributed by atoms with E-state index in [1.165, 1.54) is 116 Å². The van der Waals surface area contributed by atoms with Crippen molar-refractivity contribution in [3.8, 4) is 0 Å². The van der Waals surface area contributed by atoms with Gasteiger partial charge in [0, 0.05) is 84.7 Å². The molecule has 0 aromatic heterocycles. The van der Waals surface area contributed by atoms with Gasteiger partial charge in [-0.1, -0.05) is 174 Å². The van der Waals surface area contributed by atoms with Crippen molar-refractivity contribution in [1.29, 1.82) is 0 Å². The number of hydrogen-bond acceptors (Lipinski definition) is 16. The summed E-state index contributed by atoms with van der Waals surface area (Å²) in [6, 6.07) is 0. The van der Waals surface area contributed by atoms with Gasteiger partial charge in [-0.05, 0) is 25.7 Å². The minimum Gasteiger partial charge on any atom is -0.480 e. The summed E-state index contributed by atoms with van der Waals surface area (Å²) >= 11 is 0. The Balaban J connectivity index is 0.0000672. The van der Waals surface area contributed by atoms with Crippen LogP contribution in [0.3, 0.4) is 0 Å². The van der Waals surface area contributed by atoms with Crippen LogP contribution >= 0.6 is 7.82 Å². The molecule has 0 aromatic carbocycles. The fraction of sp³-hybridized carbons (Fsp3) is 0.881. The van der Waals surface area contributed by atoms with Gasteiger partial charge in [0.05, 0.1) is 39.4 Å². The molecule has 1 saturated heterocycles. The number of esters is 2. The van der Waals surface area contributed by atoms with Gasteiger partial charge >= 0.3 is 77.6 Å². The maximum Gasteiger partial charge on any atom is 3.00 e. The molecule has 0 saturated carbocycles. The van der Waals surface area contributed by atoms with Crippen LogP contribution in [-0.2, 0) is 56.6 Å². The monoisotopic (exact) mass is 1350 g/mol. The van der Waals surface area contributed by atoms with E-state index in [1.807, 2.05) is 4.90 Å². The third-order valence-electron chi connectivity index (χ3n) is 14.6. The molecule has 0 spiro atoms. The van der Waals surface area contributed by atoms with E-state index in [0.717, 1.165) is 38.5 Å². The van der Waals surface area contributed by atoms with Gasteiger partial charge in [-0.2, -0.15) is 0 Å². The van der Waals surface area contributed by atoms with Crippen LogP contribution in [0.4, 0.5) is 0 Å². The van der Waals surface area contributed by atoms with Gasteiger partial charge in [0.2, 0.25) is 11.8 Å². The Hall–Kier alpha value is -2.44. The molecule has 0 aromatic rings. The fourth-order valence-electron chi connectivity index (χ4n) is 9.71. The van der Waals surface area contributed by atoms with E-state index in [1.54, 1.807) is 14.7 Å². The number of carboxylic acids is 3. The van der Waals surface area contributed by atoms with Crippen molar-refractivity contribution in [2.75, 3.05) is 111 Å². The molecule has 483 valence electrons. The molecule has 6 N–H and O–H groups in total. The Morgan fingerprint density at radius 3 is 1.16 bits per heavy atom. The first-order chi connectivity index (χ1) is 39.5. The first-order valence-electron chi connectivity index (χ1n) is 31.6. The molecule has 0 bridgehead atoms. The van der Waals surface area contributed by atoms with Crippen molar-refractivity contribution in [1.82, 2.24) is 30.2 Å². The molecule has 1 unspecified atom stereocenters. The van der Waals surface area contributed by atoms with E-state index < -0.39 is 50.4 Å². The summed E-state index contributed by atoms with van der Waals surface area (Å²) in [6.07, 6.45) is 31.6. The number of nitrogens with one attached hydrogen (secondary N) is 2. The minimum atomic E-state index is -4.66. The number of nitrogens with zero attached hydrogens (tertiary/aromatic N) is 4. The fourth-order valence-corrected chi connectivity index (χ4v) is 10.5. The first-order valence-corrected chi connectivity index (χ1v) is 33.1. The van der Waals surface area contributed by atoms with Crippen LogP contribution in [0.1, 0.15) is 219 Å². The smallest absolute Gasteiger partial charge is 0.480 e. The summed E-state index contributed by atoms with van der Waals surface area (Å²) < 4.78 is 34.2. The van der Waals surface area contributed by atoms with Crippen molar-refractivity contribution in [2.24, 2.45) is 0 Å². The van der Waals surface area contributed by atoms with Crippen LogP contribution in [0.2, 0.25) is 0 Å². The van der Waals surface area contributed by atoms with Crippen LogP contribution in [0.5, 0.6) is 0 Å². The number of ether oxygens (including phenoxy) is 2. The quantitative estimate of drug-likeness (QED) is 0.0188. The van der Waals surface area contributed by atoms with Crippen molar-refractivity contribution >= 4 is 49.5 Å². The molecule has 1 aliphatic rings. The minimum absolute atomic E-state index is 0. The molecule has 1 rings (SSSR count). The van der Waals surface area contributed by atoms with Crippen LogP contribution in [0.25, 0.3) is 0 Å². The maximum atomic E-state index is 13.0. The Kier molecular flexibility index (Phi) is 53.3. The third kappa shape index (κ3) is 52.4. The molecule has 2 amide bonds. The summed E-state index contributed by atoms with van der Waals surface area (Å²) in [5, 5.41) is 33.8. The van der Waals surface area contributed by atoms with E-state index in [4.69, 9.17) is 18.5 Å². The van der Waals surface area contributed by atoms with Gasteiger partial charge in [-0.3, -0.25) is 62.2 Å². The normalized spacial score (nSPS) is 15.2. The molecule has 1 fully saturated rings. The van der Waals surface area contributed by atoms with Gasteiger partial charge < -0.3 is 40.3 Å². The Morgan fingerprint density at radius 1 is 0.422 bits per heavy atom. The van der Waals surface area contributed by atoms with Crippen LogP contribution in [-0.4, -0.2) is 199 Å². The van der Waals surface area contributed by atoms with Crippen molar-refractivity contribution < 1.29 is 117 Å². The predicted octanol–water partition coefficient (Wildman–Crippen LogP) is 8.81. The number of phosphoric acid groups is 1. The van der Waals surface area contributed by atoms with Crippen molar-refractivity contribution in [2.45, 2.75) is 225 Å². The van der Waals surface area contributed by atoms with Crippen LogP contribution in [0.15, 0.2) is 0 Å². The first kappa shape index (κ1) is 80.6. The zero-order chi connectivity index (χ0) is 60.3. The molecule has 1 aliphatic heterocycles. The molecule has 22 nitrogen and oxygen atoms in total. The summed E-state index contributed by atoms with van der Waals surface area (Å²) in [6.45, 7) is 4.98. The van der Waals surface area contributed by atoms with E-state index in [0.29, 0.717) is 64.8 Å². The second-order valence-corrected chi connectivity index (χ2v) is 23.6. The molecule has 24 heteroatoms. The van der Waals surface area contributed by atoms with Crippen LogP contribution in [0, 0.1) is 39.9 Å². The molecular weight excluding hydrogens is 1240 g/mol. The maximum absolute atomic E-state index is 13.0. The van der Waals surface area contributed by atoms with Crippen LogP contribution < -0.4 is 10.6 Å². The number of aliphatic carboxylic acids is 3. The number of carboxylic acid groups (broad SMARTS) is 3. The molecule has 83 heavy (non-hydrogen) atoms. The Labute approximate surface area is 530 Å². The molecule has 0 aliphatic carbocycles. The zero-order valence-electron chi connectivity index (χ0n) is 51.0. The van der Waals surface area contributed by atoms with Gasteiger partial charge in [0.15, 0.2) is 6.10 Å². The number of carbonyl (C=O) groups is 7. The predicted molar refractivity (Wildman–Crippen MR) is 316 cm³/mol. The molecule has 1 radical (unpaired) electrons. The zero-order valence-corrected chi connectivity index (χ0v) is 54.2. The van der Waals surface area contributed by atoms with Crippen molar-refractivity contribution in [3.05, 3.63) is 0 Å². The number of rotatable bonds is 52. The second kappa shape index (κ2) is 54.9. The third-order valence-corrected chi connectivity index (χ3v) is 15.6. The van der Waals surface area contributed by atoms with Gasteiger partial charge in [-0.25, -0.2) is 4.57 Å². The number of hydrogen-bond donors (Lipinski definition) is 6. The SMILES string of the molecule is CCCCCCCCCCCCCCCC(=O)OC[C@H](COP(=O)(O)OCCNC(=O)CCCCCNC(=O)CN1CCN(CC(=O)O)CCN(CC(=O)O)CCN(CC(=O)O)CC1)OC(=O)CCCCCCCCCCCCCCC.[Gd+3]. The Bertz CT molecular complexity index is 1730. The molecule has 1 heterocycles. The van der Waals surface area contributed by atoms with E-state index in [9.17, 15) is 58.3 Å². The van der Waals surface area contributed by atoms with E-state index >= 15 is 0 Å². The van der Waals surface area contributed by atoms with E-state index in [-0.39, 0.29) is 143 Å². The van der Waals surface area contributed by atoms with Gasteiger partial charge in [-0.15, -0.1) is 0 Å². The van der Waals surface area contributed by atoms with Crippen molar-refractivity contribution in [3.63, 3.8) is 0 Å². The van der Waals surface area contributed by atoms with Gasteiger partial charge in [0.1, 0.15) is 6.61 Å². The average molecular weight is 1350 g/mol. The van der Waals surface area contributed by atoms with E-state index in [2.05, 4.69) is 24.5 Å². The number of unbranched alkanes of at least 4 members (excludes halogenated alkanes) is 26. The van der Waals surface area contributed by atoms with Gasteiger partial charge in [0.25, 0.3) is 0 Å².